The number of ether oxygens (including phenoxy) is 2. The van der Waals surface area contributed by atoms with Crippen molar-refractivity contribution >= 4 is 17.5 Å². The van der Waals surface area contributed by atoms with E-state index in [1.807, 2.05) is 35.2 Å². The van der Waals surface area contributed by atoms with E-state index in [1.54, 1.807) is 32.4 Å². The number of aromatic nitrogens is 1. The number of methoxy groups -OCH3 is 2. The molecule has 150 valence electrons. The highest BCUT2D eigenvalue weighted by Gasteiger charge is 2.32. The summed E-state index contributed by atoms with van der Waals surface area (Å²) in [6, 6.07) is 14.7. The lowest BCUT2D eigenvalue weighted by Gasteiger charge is -2.24. The molecule has 1 aliphatic rings. The molecule has 0 unspecified atom stereocenters. The Morgan fingerprint density at radius 2 is 1.86 bits per heavy atom. The molecule has 29 heavy (non-hydrogen) atoms. The first kappa shape index (κ1) is 19.3. The second-order valence-electron chi connectivity index (χ2n) is 6.85. The van der Waals surface area contributed by atoms with Crippen LogP contribution >= 0.6 is 11.6 Å². The highest BCUT2D eigenvalue weighted by molar-refractivity contribution is 6.30. The first-order valence-corrected chi connectivity index (χ1v) is 9.74. The van der Waals surface area contributed by atoms with Gasteiger partial charge in [-0.2, -0.15) is 0 Å². The Kier molecular flexibility index (Phi) is 5.45. The first-order valence-electron chi connectivity index (χ1n) is 9.36. The van der Waals surface area contributed by atoms with E-state index in [0.717, 1.165) is 24.0 Å². The van der Waals surface area contributed by atoms with Crippen LogP contribution in [0.2, 0.25) is 5.02 Å². The van der Waals surface area contributed by atoms with Gasteiger partial charge in [0.25, 0.3) is 5.91 Å². The molecular formula is C22H21ClN2O4. The molecule has 1 saturated heterocycles. The first-order chi connectivity index (χ1) is 14.1. The summed E-state index contributed by atoms with van der Waals surface area (Å²) < 4.78 is 16.0. The molecule has 0 aliphatic carbocycles. The van der Waals surface area contributed by atoms with Crippen LogP contribution in [0.1, 0.15) is 34.9 Å². The van der Waals surface area contributed by atoms with Crippen molar-refractivity contribution in [3.8, 4) is 22.8 Å². The molecule has 6 nitrogen and oxygen atoms in total. The third-order valence-electron chi connectivity index (χ3n) is 5.17. The number of halogens is 1. The normalized spacial score (nSPS) is 16.1. The maximum absolute atomic E-state index is 13.1. The third kappa shape index (κ3) is 3.80. The molecular weight excluding hydrogens is 392 g/mol. The van der Waals surface area contributed by atoms with Crippen molar-refractivity contribution in [2.75, 3.05) is 20.8 Å². The minimum Gasteiger partial charge on any atom is -0.493 e. The van der Waals surface area contributed by atoms with E-state index in [1.165, 1.54) is 0 Å². The molecule has 0 spiro atoms. The number of rotatable bonds is 5. The fourth-order valence-electron chi connectivity index (χ4n) is 3.69. The molecule has 0 N–H and O–H groups in total. The van der Waals surface area contributed by atoms with Crippen molar-refractivity contribution in [3.63, 3.8) is 0 Å². The summed E-state index contributed by atoms with van der Waals surface area (Å²) in [6.07, 6.45) is 1.85. The van der Waals surface area contributed by atoms with Crippen molar-refractivity contribution in [1.82, 2.24) is 10.1 Å². The fraction of sp³-hybridized carbons (Fsp3) is 0.273. The van der Waals surface area contributed by atoms with Crippen LogP contribution in [-0.4, -0.2) is 36.7 Å². The van der Waals surface area contributed by atoms with Gasteiger partial charge >= 0.3 is 0 Å². The number of benzene rings is 2. The summed E-state index contributed by atoms with van der Waals surface area (Å²) in [5, 5.41) is 4.70. The van der Waals surface area contributed by atoms with E-state index in [0.29, 0.717) is 28.8 Å². The van der Waals surface area contributed by atoms with Crippen molar-refractivity contribution in [3.05, 3.63) is 64.8 Å². The van der Waals surface area contributed by atoms with E-state index in [2.05, 4.69) is 5.16 Å². The Balaban J connectivity index is 1.57. The maximum atomic E-state index is 13.1. The Bertz CT molecular complexity index is 1020. The van der Waals surface area contributed by atoms with E-state index >= 15 is 0 Å². The lowest BCUT2D eigenvalue weighted by Crippen LogP contribution is -2.30. The fourth-order valence-corrected chi connectivity index (χ4v) is 3.82. The smallest absolute Gasteiger partial charge is 0.276 e. The van der Waals surface area contributed by atoms with Gasteiger partial charge in [-0.1, -0.05) is 28.9 Å². The van der Waals surface area contributed by atoms with Crippen molar-refractivity contribution < 1.29 is 18.8 Å². The molecule has 1 fully saturated rings. The maximum Gasteiger partial charge on any atom is 0.276 e. The van der Waals surface area contributed by atoms with Gasteiger partial charge in [-0.05, 0) is 48.7 Å². The van der Waals surface area contributed by atoms with Gasteiger partial charge in [0.15, 0.2) is 23.0 Å². The monoisotopic (exact) mass is 412 g/mol. The minimum atomic E-state index is -0.141. The number of carbonyl (C=O) groups is 1. The Hall–Kier alpha value is -2.99. The summed E-state index contributed by atoms with van der Waals surface area (Å²) in [5.74, 6) is 1.56. The second kappa shape index (κ2) is 8.17. The Morgan fingerprint density at radius 1 is 1.10 bits per heavy atom. The predicted molar refractivity (Wildman–Crippen MR) is 110 cm³/mol. The Morgan fingerprint density at radius 3 is 2.59 bits per heavy atom. The minimum absolute atomic E-state index is 0.0148. The molecule has 2 aromatic carbocycles. The molecule has 1 atom stereocenters. The van der Waals surface area contributed by atoms with Crippen LogP contribution in [0.3, 0.4) is 0 Å². The van der Waals surface area contributed by atoms with Crippen LogP contribution in [-0.2, 0) is 0 Å². The van der Waals surface area contributed by atoms with Crippen molar-refractivity contribution in [2.24, 2.45) is 0 Å². The van der Waals surface area contributed by atoms with Crippen LogP contribution in [0.5, 0.6) is 11.5 Å². The summed E-state index contributed by atoms with van der Waals surface area (Å²) >= 11 is 6.00. The zero-order chi connectivity index (χ0) is 20.4. The van der Waals surface area contributed by atoms with Crippen molar-refractivity contribution in [2.45, 2.75) is 18.9 Å². The largest absolute Gasteiger partial charge is 0.493 e. The van der Waals surface area contributed by atoms with Crippen LogP contribution in [0.4, 0.5) is 0 Å². The van der Waals surface area contributed by atoms with Gasteiger partial charge in [0.1, 0.15) is 0 Å². The zero-order valence-electron chi connectivity index (χ0n) is 16.2. The van der Waals surface area contributed by atoms with Gasteiger partial charge in [0.05, 0.1) is 20.3 Å². The van der Waals surface area contributed by atoms with Crippen LogP contribution in [0.15, 0.2) is 53.1 Å². The molecule has 1 aliphatic heterocycles. The lowest BCUT2D eigenvalue weighted by atomic mass is 10.0. The molecule has 2 heterocycles. The van der Waals surface area contributed by atoms with E-state index in [-0.39, 0.29) is 17.6 Å². The highest BCUT2D eigenvalue weighted by Crippen LogP contribution is 2.35. The van der Waals surface area contributed by atoms with Gasteiger partial charge < -0.3 is 18.9 Å². The quantitative estimate of drug-likeness (QED) is 0.590. The molecule has 0 radical (unpaired) electrons. The summed E-state index contributed by atoms with van der Waals surface area (Å²) in [4.78, 5) is 14.9. The van der Waals surface area contributed by atoms with Gasteiger partial charge in [0.2, 0.25) is 0 Å². The predicted octanol–water partition coefficient (Wildman–Crippen LogP) is 4.99. The average Bonchev–Trinajstić information content (AvgIpc) is 3.43. The molecule has 1 aromatic heterocycles. The lowest BCUT2D eigenvalue weighted by molar-refractivity contribution is 0.0725. The number of nitrogens with zero attached hydrogens (tertiary/aromatic N) is 2. The molecule has 4 rings (SSSR count). The van der Waals surface area contributed by atoms with Gasteiger partial charge in [0, 0.05) is 23.2 Å². The van der Waals surface area contributed by atoms with Gasteiger partial charge in [-0.15, -0.1) is 0 Å². The molecule has 0 saturated carbocycles. The van der Waals surface area contributed by atoms with Crippen LogP contribution in [0, 0.1) is 0 Å². The summed E-state index contributed by atoms with van der Waals surface area (Å²) in [6.45, 7) is 0.685. The summed E-state index contributed by atoms with van der Waals surface area (Å²) in [5.41, 5.74) is 2.12. The number of hydrogen-bond donors (Lipinski definition) is 0. The SMILES string of the molecule is COc1ccc(-c2cc(C(=O)N3CCC[C@@H]3c3ccc(Cl)cc3)no2)cc1OC. The van der Waals surface area contributed by atoms with Crippen LogP contribution < -0.4 is 9.47 Å². The standard InChI is InChI=1S/C22H21ClN2O4/c1-27-19-10-7-15(12-21(19)28-2)20-13-17(24-29-20)22(26)25-11-3-4-18(25)14-5-8-16(23)9-6-14/h5-10,12-13,18H,3-4,11H2,1-2H3/t18-/m1/s1. The van der Waals surface area contributed by atoms with Gasteiger partial charge in [-0.25, -0.2) is 0 Å². The second-order valence-corrected chi connectivity index (χ2v) is 7.29. The molecule has 3 aromatic rings. The van der Waals surface area contributed by atoms with E-state index in [4.69, 9.17) is 25.6 Å². The van der Waals surface area contributed by atoms with Gasteiger partial charge in [-0.3, -0.25) is 4.79 Å². The zero-order valence-corrected chi connectivity index (χ0v) is 17.0. The average molecular weight is 413 g/mol. The van der Waals surface area contributed by atoms with E-state index in [9.17, 15) is 4.79 Å². The van der Waals surface area contributed by atoms with Crippen LogP contribution in [0.25, 0.3) is 11.3 Å². The Labute approximate surface area is 174 Å². The van der Waals surface area contributed by atoms with E-state index < -0.39 is 0 Å². The topological polar surface area (TPSA) is 64.8 Å². The molecule has 1 amide bonds. The highest BCUT2D eigenvalue weighted by atomic mass is 35.5. The number of hydrogen-bond acceptors (Lipinski definition) is 5. The summed E-state index contributed by atoms with van der Waals surface area (Å²) in [7, 11) is 3.15. The number of amides is 1. The molecule has 7 heteroatoms. The number of carbonyl (C=O) groups excluding carboxylic acids is 1. The molecule has 0 bridgehead atoms. The third-order valence-corrected chi connectivity index (χ3v) is 5.42. The van der Waals surface area contributed by atoms with Crippen molar-refractivity contribution in [1.29, 1.82) is 0 Å². The number of likely N-dealkylation sites (tertiary alicyclic amines) is 1.